The van der Waals surface area contributed by atoms with Gasteiger partial charge in [0.15, 0.2) is 0 Å². The Kier molecular flexibility index (Phi) is 5.45. The highest BCUT2D eigenvalue weighted by molar-refractivity contribution is 5.87. The number of hydrogen-bond donors (Lipinski definition) is 0. The lowest BCUT2D eigenvalue weighted by Crippen LogP contribution is -1.95. The van der Waals surface area contributed by atoms with E-state index in [9.17, 15) is 0 Å². The van der Waals surface area contributed by atoms with Gasteiger partial charge in [0.2, 0.25) is 0 Å². The zero-order valence-electron chi connectivity index (χ0n) is 17.3. The monoisotopic (exact) mass is 395 g/mol. The molecule has 0 aliphatic heterocycles. The zero-order valence-corrected chi connectivity index (χ0v) is 17.3. The van der Waals surface area contributed by atoms with Crippen LogP contribution in [0.2, 0.25) is 0 Å². The molecule has 0 atom stereocenters. The highest BCUT2D eigenvalue weighted by atomic mass is 14.2. The lowest BCUT2D eigenvalue weighted by atomic mass is 9.86. The predicted molar refractivity (Wildman–Crippen MR) is 132 cm³/mol. The van der Waals surface area contributed by atoms with Crippen LogP contribution >= 0.6 is 0 Å². The van der Waals surface area contributed by atoms with E-state index in [1.807, 2.05) is 0 Å². The van der Waals surface area contributed by atoms with Gasteiger partial charge >= 0.3 is 0 Å². The molecule has 0 saturated heterocycles. The lowest BCUT2D eigenvalue weighted by molar-refractivity contribution is 1.42. The van der Waals surface area contributed by atoms with E-state index in [0.717, 1.165) is 0 Å². The van der Waals surface area contributed by atoms with Crippen molar-refractivity contribution in [1.82, 2.24) is 0 Å². The summed E-state index contributed by atoms with van der Waals surface area (Å²) < 4.78 is 0. The highest BCUT2D eigenvalue weighted by Gasteiger charge is 2.14. The Balaban J connectivity index is 1.67. The third kappa shape index (κ3) is 4.06. The van der Waals surface area contributed by atoms with E-state index in [4.69, 9.17) is 0 Å². The van der Waals surface area contributed by atoms with Crippen LogP contribution in [-0.4, -0.2) is 0 Å². The molecule has 0 aromatic heterocycles. The third-order valence-corrected chi connectivity index (χ3v) is 5.60. The van der Waals surface area contributed by atoms with Crippen molar-refractivity contribution in [1.29, 1.82) is 0 Å². The van der Waals surface area contributed by atoms with E-state index in [2.05, 4.69) is 140 Å². The predicted octanol–water partition coefficient (Wildman–Crippen LogP) is 8.29. The molecule has 31 heavy (non-hydrogen) atoms. The van der Waals surface area contributed by atoms with Crippen molar-refractivity contribution in [3.05, 3.63) is 151 Å². The van der Waals surface area contributed by atoms with Crippen LogP contribution in [0.4, 0.5) is 0 Å². The van der Waals surface area contributed by atoms with Crippen molar-refractivity contribution in [2.75, 3.05) is 0 Å². The summed E-state index contributed by atoms with van der Waals surface area (Å²) in [5.74, 6) is 0. The van der Waals surface area contributed by atoms with Crippen molar-refractivity contribution in [3.8, 4) is 33.4 Å². The van der Waals surface area contributed by atoms with E-state index in [1.165, 1.54) is 44.5 Å². The van der Waals surface area contributed by atoms with E-state index in [0.29, 0.717) is 0 Å². The first kappa shape index (κ1) is 19.1. The Bertz CT molecular complexity index is 1270. The quantitative estimate of drug-likeness (QED) is 0.281. The molecule has 0 N–H and O–H groups in total. The second kappa shape index (κ2) is 8.85. The molecule has 147 valence electrons. The molecule has 5 aromatic carbocycles. The van der Waals surface area contributed by atoms with Crippen LogP contribution in [0.1, 0.15) is 11.1 Å². The van der Waals surface area contributed by atoms with Gasteiger partial charge < -0.3 is 0 Å². The van der Waals surface area contributed by atoms with Gasteiger partial charge in [-0.2, -0.15) is 0 Å². The normalized spacial score (nSPS) is 10.7. The summed E-state index contributed by atoms with van der Waals surface area (Å²) in [7, 11) is 0. The first-order chi connectivity index (χ1) is 15.4. The molecular formula is C31H23. The maximum Gasteiger partial charge on any atom is 0.0212 e. The summed E-state index contributed by atoms with van der Waals surface area (Å²) in [6.07, 6.45) is 2.32. The van der Waals surface area contributed by atoms with Gasteiger partial charge in [-0.25, -0.2) is 0 Å². The van der Waals surface area contributed by atoms with Crippen LogP contribution < -0.4 is 0 Å². The number of rotatable bonds is 5. The summed E-state index contributed by atoms with van der Waals surface area (Å²) in [5, 5.41) is 0. The minimum atomic E-state index is 1.22. The Labute approximate surface area is 184 Å². The van der Waals surface area contributed by atoms with Crippen LogP contribution in [0.3, 0.4) is 0 Å². The summed E-state index contributed by atoms with van der Waals surface area (Å²) in [6, 6.07) is 47.1. The van der Waals surface area contributed by atoms with Crippen molar-refractivity contribution < 1.29 is 0 Å². The summed E-state index contributed by atoms with van der Waals surface area (Å²) >= 11 is 0. The largest absolute Gasteiger partial charge is 0.0622 e. The minimum absolute atomic E-state index is 1.22. The Morgan fingerprint density at radius 3 is 1.42 bits per heavy atom. The van der Waals surface area contributed by atoms with Crippen molar-refractivity contribution in [2.24, 2.45) is 0 Å². The molecule has 1 radical (unpaired) electrons. The fourth-order valence-corrected chi connectivity index (χ4v) is 4.15. The van der Waals surface area contributed by atoms with Gasteiger partial charge in [-0.1, -0.05) is 133 Å². The minimum Gasteiger partial charge on any atom is -0.0622 e. The molecule has 5 rings (SSSR count). The third-order valence-electron chi connectivity index (χ3n) is 5.60. The molecule has 5 aromatic rings. The molecule has 0 fully saturated rings. The molecule has 0 nitrogen and oxygen atoms in total. The average molecular weight is 396 g/mol. The molecule has 0 heterocycles. The van der Waals surface area contributed by atoms with E-state index in [-0.39, 0.29) is 0 Å². The van der Waals surface area contributed by atoms with E-state index in [1.54, 1.807) is 0 Å². The van der Waals surface area contributed by atoms with Crippen molar-refractivity contribution >= 4 is 0 Å². The van der Waals surface area contributed by atoms with Crippen LogP contribution in [0.5, 0.6) is 0 Å². The molecule has 0 aliphatic rings. The van der Waals surface area contributed by atoms with E-state index >= 15 is 0 Å². The highest BCUT2D eigenvalue weighted by Crippen LogP contribution is 2.37. The molecule has 0 spiro atoms. The van der Waals surface area contributed by atoms with E-state index < -0.39 is 0 Å². The number of benzene rings is 5. The van der Waals surface area contributed by atoms with Crippen molar-refractivity contribution in [2.45, 2.75) is 0 Å². The second-order valence-corrected chi connectivity index (χ2v) is 7.60. The van der Waals surface area contributed by atoms with Gasteiger partial charge in [-0.05, 0) is 44.5 Å². The van der Waals surface area contributed by atoms with Crippen LogP contribution in [0, 0.1) is 6.42 Å². The molecule has 0 heteroatoms. The molecule has 0 saturated carbocycles. The Hall–Kier alpha value is -3.90. The van der Waals surface area contributed by atoms with Gasteiger partial charge in [0.25, 0.3) is 0 Å². The maximum absolute atomic E-state index is 2.32. The second-order valence-electron chi connectivity index (χ2n) is 7.60. The maximum atomic E-state index is 2.32. The van der Waals surface area contributed by atoms with Gasteiger partial charge in [-0.15, -0.1) is 0 Å². The first-order valence-electron chi connectivity index (χ1n) is 10.6. The topological polar surface area (TPSA) is 0 Å². The smallest absolute Gasteiger partial charge is 0.0212 e. The lowest BCUT2D eigenvalue weighted by Gasteiger charge is -2.17. The molecule has 0 amide bonds. The SMILES string of the molecule is [CH](c1ccccc1-c1ccccc1)c1cccc(-c2ccccc2)c1-c1ccccc1. The van der Waals surface area contributed by atoms with Crippen LogP contribution in [-0.2, 0) is 0 Å². The van der Waals surface area contributed by atoms with Crippen molar-refractivity contribution in [3.63, 3.8) is 0 Å². The first-order valence-corrected chi connectivity index (χ1v) is 10.6. The summed E-state index contributed by atoms with van der Waals surface area (Å²) in [4.78, 5) is 0. The van der Waals surface area contributed by atoms with Gasteiger partial charge in [-0.3, -0.25) is 0 Å². The summed E-state index contributed by atoms with van der Waals surface area (Å²) in [5.41, 5.74) is 9.88. The molecule has 0 aliphatic carbocycles. The molecule has 0 bridgehead atoms. The Morgan fingerprint density at radius 1 is 0.323 bits per heavy atom. The standard InChI is InChI=1S/C31H23/c1-4-13-24(14-5-1)29-21-11-10-19-27(29)23-28-20-12-22-30(25-15-6-2-7-16-25)31(28)26-17-8-3-9-18-26/h1-23H. The zero-order chi connectivity index (χ0) is 20.9. The van der Waals surface area contributed by atoms with Crippen LogP contribution in [0.15, 0.2) is 133 Å². The fraction of sp³-hybridized carbons (Fsp3) is 0. The van der Waals surface area contributed by atoms with Crippen LogP contribution in [0.25, 0.3) is 33.4 Å². The molecular weight excluding hydrogens is 372 g/mol. The summed E-state index contributed by atoms with van der Waals surface area (Å²) in [6.45, 7) is 0. The fourth-order valence-electron chi connectivity index (χ4n) is 4.15. The average Bonchev–Trinajstić information content (AvgIpc) is 2.86. The Morgan fingerprint density at radius 2 is 0.774 bits per heavy atom. The molecule has 0 unspecified atom stereocenters. The van der Waals surface area contributed by atoms with Gasteiger partial charge in [0.05, 0.1) is 0 Å². The van der Waals surface area contributed by atoms with Gasteiger partial charge in [0, 0.05) is 6.42 Å². The van der Waals surface area contributed by atoms with Gasteiger partial charge in [0.1, 0.15) is 0 Å². The number of hydrogen-bond acceptors (Lipinski definition) is 0.